The van der Waals surface area contributed by atoms with E-state index >= 15 is 0 Å². The van der Waals surface area contributed by atoms with E-state index in [2.05, 4.69) is 15.2 Å². The number of anilines is 1. The van der Waals surface area contributed by atoms with Crippen LogP contribution in [0.5, 0.6) is 0 Å². The summed E-state index contributed by atoms with van der Waals surface area (Å²) in [4.78, 5) is 19.0. The minimum Gasteiger partial charge on any atom is -0.370 e. The average molecular weight is 358 g/mol. The van der Waals surface area contributed by atoms with Crippen LogP contribution in [0.2, 0.25) is 5.02 Å². The summed E-state index contributed by atoms with van der Waals surface area (Å²) in [7, 11) is 0. The molecule has 4 nitrogen and oxygen atoms in total. The van der Waals surface area contributed by atoms with E-state index in [1.807, 2.05) is 36.5 Å². The predicted molar refractivity (Wildman–Crippen MR) is 102 cm³/mol. The summed E-state index contributed by atoms with van der Waals surface area (Å²) in [6.45, 7) is 2.68. The first-order valence-electron chi connectivity index (χ1n) is 8.95. The number of benzene rings is 1. The van der Waals surface area contributed by atoms with Crippen molar-refractivity contribution in [3.05, 3.63) is 58.9 Å². The third-order valence-corrected chi connectivity index (χ3v) is 4.82. The molecule has 132 valence electrons. The Morgan fingerprint density at radius 1 is 1.08 bits per heavy atom. The number of nitrogens with zero attached hydrogens (tertiary/aromatic N) is 2. The molecule has 0 radical (unpaired) electrons. The van der Waals surface area contributed by atoms with E-state index in [0.29, 0.717) is 12.1 Å². The summed E-state index contributed by atoms with van der Waals surface area (Å²) in [6, 6.07) is 9.66. The van der Waals surface area contributed by atoms with E-state index in [1.165, 1.54) is 25.7 Å². The number of nitrogens with one attached hydrogen (secondary N) is 1. The maximum Gasteiger partial charge on any atom is 0.252 e. The SMILES string of the molecule is O=C(NCCc1ccc(Cl)cc1)c1cncc(N2CCCCCC2)c1. The van der Waals surface area contributed by atoms with Gasteiger partial charge in [0.25, 0.3) is 5.91 Å². The molecule has 1 aliphatic heterocycles. The zero-order valence-corrected chi connectivity index (χ0v) is 15.1. The first-order valence-corrected chi connectivity index (χ1v) is 9.33. The second-order valence-corrected chi connectivity index (χ2v) is 6.90. The lowest BCUT2D eigenvalue weighted by Crippen LogP contribution is -2.27. The molecule has 0 bridgehead atoms. The highest BCUT2D eigenvalue weighted by Gasteiger charge is 2.13. The Balaban J connectivity index is 1.56. The standard InChI is InChI=1S/C20H24ClN3O/c21-18-7-5-16(6-8-18)9-10-23-20(25)17-13-19(15-22-14-17)24-11-3-1-2-4-12-24/h5-8,13-15H,1-4,9-12H2,(H,23,25). The molecule has 1 aliphatic rings. The molecular weight excluding hydrogens is 334 g/mol. The number of pyridine rings is 1. The van der Waals surface area contributed by atoms with Crippen LogP contribution in [0.4, 0.5) is 5.69 Å². The van der Waals surface area contributed by atoms with E-state index in [9.17, 15) is 4.79 Å². The molecule has 1 N–H and O–H groups in total. The molecule has 2 aromatic rings. The van der Waals surface area contributed by atoms with Crippen LogP contribution < -0.4 is 10.2 Å². The van der Waals surface area contributed by atoms with Gasteiger partial charge in [0.15, 0.2) is 0 Å². The zero-order valence-electron chi connectivity index (χ0n) is 14.4. The van der Waals surface area contributed by atoms with Crippen molar-refractivity contribution in [2.75, 3.05) is 24.5 Å². The van der Waals surface area contributed by atoms with E-state index in [0.717, 1.165) is 35.8 Å². The Morgan fingerprint density at radius 2 is 1.80 bits per heavy atom. The minimum atomic E-state index is -0.0712. The number of amides is 1. The Bertz CT molecular complexity index is 694. The summed E-state index contributed by atoms with van der Waals surface area (Å²) in [6.07, 6.45) is 9.26. The van der Waals surface area contributed by atoms with Crippen LogP contribution in [0.1, 0.15) is 41.6 Å². The zero-order chi connectivity index (χ0) is 17.5. The summed E-state index contributed by atoms with van der Waals surface area (Å²) in [5.74, 6) is -0.0712. The lowest BCUT2D eigenvalue weighted by atomic mass is 10.1. The van der Waals surface area contributed by atoms with Gasteiger partial charge in [0.1, 0.15) is 0 Å². The van der Waals surface area contributed by atoms with Crippen LogP contribution >= 0.6 is 11.6 Å². The van der Waals surface area contributed by atoms with E-state index in [4.69, 9.17) is 11.6 Å². The van der Waals surface area contributed by atoms with Crippen LogP contribution in [-0.4, -0.2) is 30.5 Å². The highest BCUT2D eigenvalue weighted by Crippen LogP contribution is 2.19. The van der Waals surface area contributed by atoms with Crippen molar-refractivity contribution >= 4 is 23.2 Å². The monoisotopic (exact) mass is 357 g/mol. The molecule has 0 spiro atoms. The summed E-state index contributed by atoms with van der Waals surface area (Å²) in [5, 5.41) is 3.70. The number of rotatable bonds is 5. The smallest absolute Gasteiger partial charge is 0.252 e. The van der Waals surface area contributed by atoms with Crippen molar-refractivity contribution in [1.82, 2.24) is 10.3 Å². The summed E-state index contributed by atoms with van der Waals surface area (Å²) < 4.78 is 0. The normalized spacial score (nSPS) is 14.8. The number of halogens is 1. The Kier molecular flexibility index (Phi) is 6.29. The minimum absolute atomic E-state index is 0.0712. The lowest BCUT2D eigenvalue weighted by molar-refractivity contribution is 0.0954. The van der Waals surface area contributed by atoms with Gasteiger partial charge < -0.3 is 10.2 Å². The molecule has 3 rings (SSSR count). The van der Waals surface area contributed by atoms with Gasteiger partial charge in [-0.25, -0.2) is 0 Å². The molecule has 1 aromatic heterocycles. The topological polar surface area (TPSA) is 45.2 Å². The van der Waals surface area contributed by atoms with Crippen molar-refractivity contribution < 1.29 is 4.79 Å². The maximum atomic E-state index is 12.4. The molecule has 5 heteroatoms. The molecule has 1 saturated heterocycles. The Hall–Kier alpha value is -2.07. The first kappa shape index (κ1) is 17.7. The van der Waals surface area contributed by atoms with E-state index in [-0.39, 0.29) is 5.91 Å². The molecule has 1 aromatic carbocycles. The molecule has 0 unspecified atom stereocenters. The lowest BCUT2D eigenvalue weighted by Gasteiger charge is -2.22. The van der Waals surface area contributed by atoms with Gasteiger partial charge in [-0.3, -0.25) is 9.78 Å². The van der Waals surface area contributed by atoms with Crippen molar-refractivity contribution in [3.63, 3.8) is 0 Å². The van der Waals surface area contributed by atoms with Gasteiger partial charge >= 0.3 is 0 Å². The average Bonchev–Trinajstić information content (AvgIpc) is 2.93. The first-order chi connectivity index (χ1) is 12.2. The highest BCUT2D eigenvalue weighted by atomic mass is 35.5. The largest absolute Gasteiger partial charge is 0.370 e. The third kappa shape index (κ3) is 5.20. The molecule has 0 atom stereocenters. The van der Waals surface area contributed by atoms with Crippen molar-refractivity contribution in [3.8, 4) is 0 Å². The fourth-order valence-corrected chi connectivity index (χ4v) is 3.25. The van der Waals surface area contributed by atoms with Gasteiger partial charge in [-0.1, -0.05) is 36.6 Å². The van der Waals surface area contributed by atoms with E-state index < -0.39 is 0 Å². The Labute approximate surface area is 154 Å². The number of carbonyl (C=O) groups is 1. The maximum absolute atomic E-state index is 12.4. The molecule has 25 heavy (non-hydrogen) atoms. The van der Waals surface area contributed by atoms with Gasteiger partial charge in [-0.2, -0.15) is 0 Å². The Morgan fingerprint density at radius 3 is 2.52 bits per heavy atom. The fourth-order valence-electron chi connectivity index (χ4n) is 3.13. The molecule has 0 aliphatic carbocycles. The fraction of sp³-hybridized carbons (Fsp3) is 0.400. The molecule has 0 saturated carbocycles. The van der Waals surface area contributed by atoms with Gasteiger partial charge in [0.2, 0.25) is 0 Å². The second kappa shape index (κ2) is 8.86. The van der Waals surface area contributed by atoms with Gasteiger partial charge in [0, 0.05) is 30.9 Å². The highest BCUT2D eigenvalue weighted by molar-refractivity contribution is 6.30. The molecule has 1 fully saturated rings. The van der Waals surface area contributed by atoms with Crippen LogP contribution in [0.3, 0.4) is 0 Å². The number of hydrogen-bond acceptors (Lipinski definition) is 3. The van der Waals surface area contributed by atoms with Crippen LogP contribution in [0.15, 0.2) is 42.7 Å². The molecule has 1 amide bonds. The summed E-state index contributed by atoms with van der Waals surface area (Å²) >= 11 is 5.88. The van der Waals surface area contributed by atoms with Crippen LogP contribution in [-0.2, 0) is 6.42 Å². The summed E-state index contributed by atoms with van der Waals surface area (Å²) in [5.41, 5.74) is 2.83. The third-order valence-electron chi connectivity index (χ3n) is 4.57. The number of aromatic nitrogens is 1. The quantitative estimate of drug-likeness (QED) is 0.876. The van der Waals surface area contributed by atoms with Crippen molar-refractivity contribution in [2.45, 2.75) is 32.1 Å². The van der Waals surface area contributed by atoms with E-state index in [1.54, 1.807) is 6.20 Å². The van der Waals surface area contributed by atoms with Crippen LogP contribution in [0.25, 0.3) is 0 Å². The second-order valence-electron chi connectivity index (χ2n) is 6.47. The number of hydrogen-bond donors (Lipinski definition) is 1. The van der Waals surface area contributed by atoms with Crippen LogP contribution in [0, 0.1) is 0 Å². The van der Waals surface area contributed by atoms with Crippen molar-refractivity contribution in [2.24, 2.45) is 0 Å². The molecular formula is C20H24ClN3O. The van der Waals surface area contributed by atoms with Crippen molar-refractivity contribution in [1.29, 1.82) is 0 Å². The van der Waals surface area contributed by atoms with Gasteiger partial charge in [0.05, 0.1) is 17.4 Å². The van der Waals surface area contributed by atoms with Gasteiger partial charge in [-0.05, 0) is 43.0 Å². The predicted octanol–water partition coefficient (Wildman–Crippen LogP) is 4.09. The molecule has 2 heterocycles. The number of carbonyl (C=O) groups excluding carboxylic acids is 1. The van der Waals surface area contributed by atoms with Gasteiger partial charge in [-0.15, -0.1) is 0 Å².